The molecule has 0 atom stereocenters. The van der Waals surface area contributed by atoms with Crippen LogP contribution < -0.4 is 9.47 Å². The fourth-order valence-corrected chi connectivity index (χ4v) is 5.64. The Labute approximate surface area is 171 Å². The van der Waals surface area contributed by atoms with Crippen LogP contribution in [0.4, 0.5) is 10.8 Å². The van der Waals surface area contributed by atoms with E-state index in [4.69, 9.17) is 0 Å². The highest BCUT2D eigenvalue weighted by atomic mass is 32.2. The van der Waals surface area contributed by atoms with Crippen molar-refractivity contribution in [2.45, 2.75) is 11.8 Å². The average molecular weight is 416 g/mol. The number of para-hydroxylation sites is 1. The number of hydrogen-bond donors (Lipinski definition) is 0. The average Bonchev–Trinajstić information content (AvgIpc) is 3.31. The molecule has 27 heavy (non-hydrogen) atoms. The van der Waals surface area contributed by atoms with E-state index in [0.717, 1.165) is 15.3 Å². The van der Waals surface area contributed by atoms with Crippen molar-refractivity contribution in [2.24, 2.45) is 12.0 Å². The number of rotatable bonds is 3. The third kappa shape index (κ3) is 3.44. The van der Waals surface area contributed by atoms with Crippen molar-refractivity contribution in [2.75, 3.05) is 18.5 Å². The molecule has 1 aromatic carbocycles. The predicted octanol–water partition coefficient (Wildman–Crippen LogP) is 4.12. The minimum Gasteiger partial charge on any atom is -0.338 e. The van der Waals surface area contributed by atoms with Gasteiger partial charge in [0, 0.05) is 23.9 Å². The molecule has 138 valence electrons. The number of thiazole rings is 1. The van der Waals surface area contributed by atoms with Gasteiger partial charge in [-0.2, -0.15) is 0 Å². The Morgan fingerprint density at radius 3 is 2.74 bits per heavy atom. The fraction of sp³-hybridized carbons (Fsp3) is 0.211. The summed E-state index contributed by atoms with van der Waals surface area (Å²) in [5.74, 6) is 0.0143. The number of thioether (sulfide) groups is 2. The van der Waals surface area contributed by atoms with E-state index in [1.54, 1.807) is 28.0 Å². The maximum atomic E-state index is 12.8. The van der Waals surface area contributed by atoms with E-state index in [0.29, 0.717) is 11.4 Å². The first-order valence-electron chi connectivity index (χ1n) is 8.52. The maximum absolute atomic E-state index is 12.8. The molecule has 0 saturated carbocycles. The molecular formula is C19H19N4OS3+. The van der Waals surface area contributed by atoms with Crippen LogP contribution in [0.15, 0.2) is 67.8 Å². The summed E-state index contributed by atoms with van der Waals surface area (Å²) in [6.45, 7) is 2.58. The lowest BCUT2D eigenvalue weighted by atomic mass is 10.3. The number of aromatic nitrogens is 1. The third-order valence-corrected chi connectivity index (χ3v) is 7.36. The van der Waals surface area contributed by atoms with Crippen LogP contribution in [0, 0.1) is 0 Å². The molecule has 2 aromatic rings. The van der Waals surface area contributed by atoms with Crippen LogP contribution >= 0.6 is 34.9 Å². The Hall–Kier alpha value is -2.03. The molecule has 0 unspecified atom stereocenters. The Bertz CT molecular complexity index is 992. The van der Waals surface area contributed by atoms with Gasteiger partial charge in [-0.3, -0.25) is 9.69 Å². The molecule has 2 aliphatic heterocycles. The smallest absolute Gasteiger partial charge is 0.338 e. The van der Waals surface area contributed by atoms with Crippen LogP contribution in [-0.4, -0.2) is 29.6 Å². The van der Waals surface area contributed by atoms with Gasteiger partial charge < -0.3 is 4.90 Å². The number of aryl methyl sites for hydroxylation is 1. The van der Waals surface area contributed by atoms with Gasteiger partial charge in [0.25, 0.3) is 11.1 Å². The minimum absolute atomic E-state index is 0.0143. The normalized spacial score (nSPS) is 21.1. The molecule has 4 rings (SSSR count). The van der Waals surface area contributed by atoms with Gasteiger partial charge >= 0.3 is 5.13 Å². The number of nitrogens with zero attached hydrogens (tertiary/aromatic N) is 4. The van der Waals surface area contributed by atoms with Gasteiger partial charge in [0.15, 0.2) is 0 Å². The van der Waals surface area contributed by atoms with Gasteiger partial charge in [-0.25, -0.2) is 4.57 Å². The molecule has 1 saturated heterocycles. The van der Waals surface area contributed by atoms with Gasteiger partial charge in [-0.1, -0.05) is 35.2 Å². The van der Waals surface area contributed by atoms with E-state index in [2.05, 4.69) is 29.1 Å². The summed E-state index contributed by atoms with van der Waals surface area (Å²) < 4.78 is 1.96. The number of amides is 1. The lowest BCUT2D eigenvalue weighted by Gasteiger charge is -2.12. The molecule has 0 radical (unpaired) electrons. The quantitative estimate of drug-likeness (QED) is 0.558. The van der Waals surface area contributed by atoms with Crippen LogP contribution in [0.2, 0.25) is 0 Å². The highest BCUT2D eigenvalue weighted by Crippen LogP contribution is 2.45. The van der Waals surface area contributed by atoms with E-state index in [-0.39, 0.29) is 5.91 Å². The summed E-state index contributed by atoms with van der Waals surface area (Å²) in [4.78, 5) is 23.3. The summed E-state index contributed by atoms with van der Waals surface area (Å²) in [6, 6.07) is 8.31. The number of anilines is 1. The molecule has 1 aromatic heterocycles. The third-order valence-electron chi connectivity index (χ3n) is 4.30. The Kier molecular flexibility index (Phi) is 5.12. The zero-order valence-corrected chi connectivity index (χ0v) is 17.7. The maximum Gasteiger partial charge on any atom is 0.384 e. The summed E-state index contributed by atoms with van der Waals surface area (Å²) >= 11 is 4.71. The topological polar surface area (TPSA) is 39.8 Å². The van der Waals surface area contributed by atoms with Crippen LogP contribution in [0.1, 0.15) is 6.92 Å². The second kappa shape index (κ2) is 7.53. The van der Waals surface area contributed by atoms with Crippen molar-refractivity contribution in [1.29, 1.82) is 0 Å². The van der Waals surface area contributed by atoms with Crippen LogP contribution in [0.25, 0.3) is 0 Å². The van der Waals surface area contributed by atoms with Crippen molar-refractivity contribution in [1.82, 2.24) is 4.90 Å². The molecule has 1 amide bonds. The van der Waals surface area contributed by atoms with Crippen LogP contribution in [-0.2, 0) is 11.8 Å². The second-order valence-electron chi connectivity index (χ2n) is 6.01. The molecular weight excluding hydrogens is 396 g/mol. The largest absolute Gasteiger partial charge is 0.384 e. The molecule has 5 nitrogen and oxygen atoms in total. The lowest BCUT2D eigenvalue weighted by Crippen LogP contribution is -2.30. The number of carbonyl (C=O) groups is 1. The van der Waals surface area contributed by atoms with Crippen LogP contribution in [0.5, 0.6) is 0 Å². The van der Waals surface area contributed by atoms with Gasteiger partial charge in [0.2, 0.25) is 0 Å². The lowest BCUT2D eigenvalue weighted by molar-refractivity contribution is -0.653. The Morgan fingerprint density at radius 1 is 1.22 bits per heavy atom. The van der Waals surface area contributed by atoms with Crippen molar-refractivity contribution >= 4 is 56.8 Å². The van der Waals surface area contributed by atoms with E-state index in [1.807, 2.05) is 54.4 Å². The fourth-order valence-electron chi connectivity index (χ4n) is 2.81. The van der Waals surface area contributed by atoms with Crippen LogP contribution in [0.3, 0.4) is 0 Å². The number of aliphatic imine (C=N–C) groups is 1. The van der Waals surface area contributed by atoms with Crippen molar-refractivity contribution in [3.05, 3.63) is 57.9 Å². The first-order chi connectivity index (χ1) is 13.1. The van der Waals surface area contributed by atoms with Crippen molar-refractivity contribution in [3.63, 3.8) is 0 Å². The van der Waals surface area contributed by atoms with E-state index >= 15 is 0 Å². The summed E-state index contributed by atoms with van der Waals surface area (Å²) in [6.07, 6.45) is 5.90. The second-order valence-corrected chi connectivity index (χ2v) is 8.95. The highest BCUT2D eigenvalue weighted by molar-refractivity contribution is 8.18. The molecule has 0 aliphatic carbocycles. The van der Waals surface area contributed by atoms with E-state index in [1.165, 1.54) is 22.3 Å². The van der Waals surface area contributed by atoms with Crippen molar-refractivity contribution < 1.29 is 9.36 Å². The zero-order chi connectivity index (χ0) is 19.0. The standard InChI is InChI=1S/C19H19N4OS3/c1-4-23-17(24)15(27-19(23)20-18-21(2)11-12-25-18)9-10-16-22(3)13-7-5-6-8-14(13)26-16/h5-12H,4H2,1-3H3/q+1/b15-9-,16-10-. The molecule has 0 N–H and O–H groups in total. The summed E-state index contributed by atoms with van der Waals surface area (Å²) in [5.41, 5.74) is 1.19. The summed E-state index contributed by atoms with van der Waals surface area (Å²) in [7, 11) is 4.01. The zero-order valence-electron chi connectivity index (χ0n) is 15.2. The molecule has 1 fully saturated rings. The first kappa shape index (κ1) is 18.3. The van der Waals surface area contributed by atoms with Gasteiger partial charge in [-0.05, 0) is 48.0 Å². The van der Waals surface area contributed by atoms with E-state index in [9.17, 15) is 4.79 Å². The highest BCUT2D eigenvalue weighted by Gasteiger charge is 2.36. The monoisotopic (exact) mass is 415 g/mol. The van der Waals surface area contributed by atoms with Crippen molar-refractivity contribution in [3.8, 4) is 0 Å². The number of benzene rings is 1. The number of fused-ring (bicyclic) bond motifs is 1. The molecule has 0 spiro atoms. The molecule has 8 heteroatoms. The number of amidine groups is 1. The van der Waals surface area contributed by atoms with Gasteiger partial charge in [0.05, 0.1) is 22.7 Å². The predicted molar refractivity (Wildman–Crippen MR) is 114 cm³/mol. The van der Waals surface area contributed by atoms with E-state index < -0.39 is 0 Å². The Balaban J connectivity index is 1.60. The number of hydrogen-bond acceptors (Lipinski definition) is 6. The van der Waals surface area contributed by atoms with Gasteiger partial charge in [-0.15, -0.1) is 0 Å². The SMILES string of the molecule is CCN1C(=O)/C(=C/C=C2\Sc3ccccc3N2C)S/C1=N\c1scc[n+]1C. The first-order valence-corrected chi connectivity index (χ1v) is 11.0. The molecule has 0 bridgehead atoms. The molecule has 3 heterocycles. The minimum atomic E-state index is 0.0143. The molecule has 2 aliphatic rings. The number of likely N-dealkylation sites (N-methyl/N-ethyl adjacent to an activating group) is 1. The number of carbonyl (C=O) groups excluding carboxylic acids is 1. The Morgan fingerprint density at radius 2 is 2.04 bits per heavy atom. The van der Waals surface area contributed by atoms with Gasteiger partial charge in [0.1, 0.15) is 6.20 Å². The summed E-state index contributed by atoms with van der Waals surface area (Å²) in [5, 5.41) is 4.71. The number of allylic oxidation sites excluding steroid dienone is 2.